The average Bonchev–Trinajstić information content (AvgIpc) is 2.92. The maximum atomic E-state index is 6.21. The number of ether oxygens (including phenoxy) is 1. The summed E-state index contributed by atoms with van der Waals surface area (Å²) >= 11 is 0. The Balaban J connectivity index is 1.85. The van der Waals surface area contributed by atoms with Gasteiger partial charge < -0.3 is 10.5 Å². The van der Waals surface area contributed by atoms with Gasteiger partial charge in [0.25, 0.3) is 0 Å². The summed E-state index contributed by atoms with van der Waals surface area (Å²) in [5, 5.41) is 0. The Morgan fingerprint density at radius 3 is 3.00 bits per heavy atom. The molecule has 0 aliphatic carbocycles. The van der Waals surface area contributed by atoms with Gasteiger partial charge in [-0.3, -0.25) is 9.80 Å². The van der Waals surface area contributed by atoms with Gasteiger partial charge in [-0.15, -0.1) is 0 Å². The smallest absolute Gasteiger partial charge is 0.0620 e. The normalized spacial score (nSPS) is 44.1. The summed E-state index contributed by atoms with van der Waals surface area (Å²) in [6, 6.07) is 1.22. The first kappa shape index (κ1) is 11.9. The highest BCUT2D eigenvalue weighted by Crippen LogP contribution is 2.40. The molecule has 3 aliphatic rings. The Morgan fingerprint density at radius 1 is 1.35 bits per heavy atom. The molecule has 3 fully saturated rings. The molecule has 98 valence electrons. The van der Waals surface area contributed by atoms with Crippen molar-refractivity contribution < 1.29 is 4.74 Å². The summed E-state index contributed by atoms with van der Waals surface area (Å²) in [4.78, 5) is 5.32. The Bertz CT molecular complexity index is 286. The van der Waals surface area contributed by atoms with E-state index in [9.17, 15) is 0 Å². The Labute approximate surface area is 104 Å². The third kappa shape index (κ3) is 1.73. The number of nitrogens with two attached hydrogens (primary N) is 1. The second-order valence-corrected chi connectivity index (χ2v) is 5.87. The van der Waals surface area contributed by atoms with E-state index in [0.29, 0.717) is 12.1 Å². The van der Waals surface area contributed by atoms with Crippen LogP contribution in [-0.4, -0.2) is 66.8 Å². The van der Waals surface area contributed by atoms with Crippen LogP contribution in [0.25, 0.3) is 0 Å². The molecule has 0 spiro atoms. The second kappa shape index (κ2) is 4.50. The van der Waals surface area contributed by atoms with Crippen molar-refractivity contribution in [3.8, 4) is 0 Å². The maximum absolute atomic E-state index is 6.21. The first-order valence-electron chi connectivity index (χ1n) is 7.06. The molecule has 3 atom stereocenters. The summed E-state index contributed by atoms with van der Waals surface area (Å²) in [6.45, 7) is 8.42. The molecule has 0 bridgehead atoms. The zero-order chi connectivity index (χ0) is 11.9. The lowest BCUT2D eigenvalue weighted by Crippen LogP contribution is -2.65. The molecule has 3 saturated heterocycles. The van der Waals surface area contributed by atoms with E-state index in [4.69, 9.17) is 10.5 Å². The summed E-state index contributed by atoms with van der Waals surface area (Å²) in [7, 11) is 0. The predicted molar refractivity (Wildman–Crippen MR) is 68.0 cm³/mol. The monoisotopic (exact) mass is 239 g/mol. The molecule has 17 heavy (non-hydrogen) atoms. The first-order valence-corrected chi connectivity index (χ1v) is 7.06. The van der Waals surface area contributed by atoms with Crippen molar-refractivity contribution >= 4 is 0 Å². The summed E-state index contributed by atoms with van der Waals surface area (Å²) in [6.07, 6.45) is 3.94. The number of hydrogen-bond donors (Lipinski definition) is 1. The van der Waals surface area contributed by atoms with E-state index < -0.39 is 0 Å². The van der Waals surface area contributed by atoms with Crippen LogP contribution < -0.4 is 5.73 Å². The van der Waals surface area contributed by atoms with Crippen LogP contribution in [0.15, 0.2) is 0 Å². The van der Waals surface area contributed by atoms with Crippen molar-refractivity contribution in [3.63, 3.8) is 0 Å². The molecule has 0 aromatic heterocycles. The molecule has 3 heterocycles. The van der Waals surface area contributed by atoms with Gasteiger partial charge in [-0.1, -0.05) is 0 Å². The van der Waals surface area contributed by atoms with Crippen LogP contribution >= 0.6 is 0 Å². The summed E-state index contributed by atoms with van der Waals surface area (Å²) < 4.78 is 5.58. The minimum Gasteiger partial charge on any atom is -0.379 e. The van der Waals surface area contributed by atoms with E-state index in [1.807, 2.05) is 0 Å². The molecule has 4 heteroatoms. The van der Waals surface area contributed by atoms with Crippen LogP contribution in [0.4, 0.5) is 0 Å². The fourth-order valence-corrected chi connectivity index (χ4v) is 4.29. The maximum Gasteiger partial charge on any atom is 0.0620 e. The van der Waals surface area contributed by atoms with Gasteiger partial charge in [-0.05, 0) is 32.7 Å². The Hall–Kier alpha value is -0.160. The van der Waals surface area contributed by atoms with Crippen molar-refractivity contribution in [3.05, 3.63) is 0 Å². The Kier molecular flexibility index (Phi) is 3.15. The highest BCUT2D eigenvalue weighted by Gasteiger charge is 2.52. The van der Waals surface area contributed by atoms with Crippen molar-refractivity contribution in [2.75, 3.05) is 39.4 Å². The van der Waals surface area contributed by atoms with Crippen molar-refractivity contribution in [1.29, 1.82) is 0 Å². The van der Waals surface area contributed by atoms with Gasteiger partial charge in [-0.25, -0.2) is 0 Å². The fourth-order valence-electron chi connectivity index (χ4n) is 4.29. The van der Waals surface area contributed by atoms with Crippen LogP contribution in [0.3, 0.4) is 0 Å². The third-order valence-electron chi connectivity index (χ3n) is 5.11. The van der Waals surface area contributed by atoms with E-state index in [1.165, 1.54) is 32.4 Å². The van der Waals surface area contributed by atoms with Crippen LogP contribution in [0.2, 0.25) is 0 Å². The Morgan fingerprint density at radius 2 is 2.24 bits per heavy atom. The molecule has 3 aliphatic heterocycles. The standard InChI is InChI=1S/C13H25N3O/c1-11-9-17-8-7-16(11)13(10-14)4-6-15-5-2-3-12(13)15/h11-12H,2-10,14H2,1H3. The number of morpholine rings is 1. The number of fused-ring (bicyclic) bond motifs is 1. The van der Waals surface area contributed by atoms with Crippen LogP contribution in [0, 0.1) is 0 Å². The van der Waals surface area contributed by atoms with Gasteiger partial charge in [0.05, 0.1) is 18.8 Å². The highest BCUT2D eigenvalue weighted by molar-refractivity contribution is 5.11. The van der Waals surface area contributed by atoms with Gasteiger partial charge >= 0.3 is 0 Å². The van der Waals surface area contributed by atoms with Crippen molar-refractivity contribution in [1.82, 2.24) is 9.80 Å². The minimum absolute atomic E-state index is 0.236. The molecule has 2 N–H and O–H groups in total. The number of rotatable bonds is 2. The molecule has 0 saturated carbocycles. The van der Waals surface area contributed by atoms with Gasteiger partial charge in [0.1, 0.15) is 0 Å². The molecular formula is C13H25N3O. The van der Waals surface area contributed by atoms with Gasteiger partial charge in [0.2, 0.25) is 0 Å². The van der Waals surface area contributed by atoms with Gasteiger partial charge in [0, 0.05) is 31.7 Å². The lowest BCUT2D eigenvalue weighted by molar-refractivity contribution is -0.0645. The van der Waals surface area contributed by atoms with Gasteiger partial charge in [-0.2, -0.15) is 0 Å². The van der Waals surface area contributed by atoms with Crippen LogP contribution in [-0.2, 0) is 4.74 Å². The van der Waals surface area contributed by atoms with Crippen LogP contribution in [0.1, 0.15) is 26.2 Å². The lowest BCUT2D eigenvalue weighted by Gasteiger charge is -2.49. The van der Waals surface area contributed by atoms with E-state index in [1.54, 1.807) is 0 Å². The zero-order valence-electron chi connectivity index (χ0n) is 10.9. The lowest BCUT2D eigenvalue weighted by atomic mass is 9.85. The van der Waals surface area contributed by atoms with E-state index in [0.717, 1.165) is 26.3 Å². The van der Waals surface area contributed by atoms with Gasteiger partial charge in [0.15, 0.2) is 0 Å². The minimum atomic E-state index is 0.236. The second-order valence-electron chi connectivity index (χ2n) is 5.87. The SMILES string of the molecule is CC1COCCN1C1(CN)CCN2CCCC21. The molecule has 3 rings (SSSR count). The average molecular weight is 239 g/mol. The summed E-state index contributed by atoms with van der Waals surface area (Å²) in [5.41, 5.74) is 6.44. The molecular weight excluding hydrogens is 214 g/mol. The zero-order valence-corrected chi connectivity index (χ0v) is 10.9. The van der Waals surface area contributed by atoms with Crippen molar-refractivity contribution in [2.24, 2.45) is 5.73 Å². The molecule has 3 unspecified atom stereocenters. The fraction of sp³-hybridized carbons (Fsp3) is 1.00. The highest BCUT2D eigenvalue weighted by atomic mass is 16.5. The molecule has 0 amide bonds. The van der Waals surface area contributed by atoms with E-state index in [2.05, 4.69) is 16.7 Å². The quantitative estimate of drug-likeness (QED) is 0.751. The third-order valence-corrected chi connectivity index (χ3v) is 5.11. The molecule has 4 nitrogen and oxygen atoms in total. The largest absolute Gasteiger partial charge is 0.379 e. The molecule has 0 radical (unpaired) electrons. The van der Waals surface area contributed by atoms with Crippen LogP contribution in [0.5, 0.6) is 0 Å². The van der Waals surface area contributed by atoms with Crippen molar-refractivity contribution in [2.45, 2.75) is 43.8 Å². The number of nitrogens with zero attached hydrogens (tertiary/aromatic N) is 2. The molecule has 0 aromatic carbocycles. The predicted octanol–water partition coefficient (Wildman–Crippen LogP) is 0.273. The first-order chi connectivity index (χ1) is 8.28. The van der Waals surface area contributed by atoms with E-state index in [-0.39, 0.29) is 5.54 Å². The number of hydrogen-bond acceptors (Lipinski definition) is 4. The van der Waals surface area contributed by atoms with E-state index >= 15 is 0 Å². The topological polar surface area (TPSA) is 41.7 Å². The molecule has 0 aromatic rings. The summed E-state index contributed by atoms with van der Waals surface area (Å²) in [5.74, 6) is 0.